The molecule has 1 heterocycles. The Bertz CT molecular complexity index is 727. The number of hydrogen-bond acceptors (Lipinski definition) is 5. The van der Waals surface area contributed by atoms with Crippen molar-refractivity contribution < 1.29 is 14.3 Å². The van der Waals surface area contributed by atoms with Crippen LogP contribution >= 0.6 is 35.1 Å². The van der Waals surface area contributed by atoms with Crippen LogP contribution in [-0.2, 0) is 16.0 Å². The summed E-state index contributed by atoms with van der Waals surface area (Å²) in [5, 5.41) is 0.489. The second-order valence-corrected chi connectivity index (χ2v) is 8.69. The average molecular weight is 383 g/mol. The van der Waals surface area contributed by atoms with Gasteiger partial charge in [-0.15, -0.1) is 11.8 Å². The molecule has 1 unspecified atom stereocenters. The third-order valence-electron chi connectivity index (χ3n) is 4.25. The van der Waals surface area contributed by atoms with Crippen LogP contribution in [0.15, 0.2) is 28.4 Å². The largest absolute Gasteiger partial charge is 0.497 e. The van der Waals surface area contributed by atoms with Gasteiger partial charge >= 0.3 is 0 Å². The van der Waals surface area contributed by atoms with Crippen molar-refractivity contribution in [2.24, 2.45) is 0 Å². The standard InChI is InChI=1S/C18H19ClO3S2/c1-3-22-13-6-4-5-12(20)16(13)18(21)10-7-8-14-11(17(10)19)9-15(23-2)24-14/h7-8,15H,3-6,9H2,1-2H3. The maximum absolute atomic E-state index is 13.0. The van der Waals surface area contributed by atoms with Crippen LogP contribution in [-0.4, -0.2) is 29.0 Å². The molecule has 128 valence electrons. The van der Waals surface area contributed by atoms with E-state index < -0.39 is 0 Å². The minimum absolute atomic E-state index is 0.136. The fourth-order valence-electron chi connectivity index (χ4n) is 3.08. The van der Waals surface area contributed by atoms with Gasteiger partial charge in [0.25, 0.3) is 0 Å². The van der Waals surface area contributed by atoms with Gasteiger partial charge in [-0.25, -0.2) is 0 Å². The monoisotopic (exact) mass is 382 g/mol. The number of carbonyl (C=O) groups excluding carboxylic acids is 2. The summed E-state index contributed by atoms with van der Waals surface area (Å²) < 4.78 is 5.99. The summed E-state index contributed by atoms with van der Waals surface area (Å²) in [5.41, 5.74) is 1.63. The molecular formula is C18H19ClO3S2. The van der Waals surface area contributed by atoms with Crippen LogP contribution in [0.5, 0.6) is 0 Å². The molecule has 3 nitrogen and oxygen atoms in total. The van der Waals surface area contributed by atoms with Crippen LogP contribution in [0.1, 0.15) is 42.1 Å². The quantitative estimate of drug-likeness (QED) is 0.535. The first-order chi connectivity index (χ1) is 11.6. The summed E-state index contributed by atoms with van der Waals surface area (Å²) >= 11 is 10.1. The molecule has 0 radical (unpaired) electrons. The number of ketones is 2. The zero-order valence-corrected chi connectivity index (χ0v) is 16.1. The van der Waals surface area contributed by atoms with Crippen LogP contribution in [0.4, 0.5) is 0 Å². The van der Waals surface area contributed by atoms with Gasteiger partial charge in [0, 0.05) is 23.3 Å². The van der Waals surface area contributed by atoms with Crippen LogP contribution < -0.4 is 0 Å². The first-order valence-electron chi connectivity index (χ1n) is 8.01. The number of carbonyl (C=O) groups is 2. The van der Waals surface area contributed by atoms with Gasteiger partial charge in [-0.2, -0.15) is 11.8 Å². The van der Waals surface area contributed by atoms with Gasteiger partial charge < -0.3 is 4.74 Å². The van der Waals surface area contributed by atoms with Crippen molar-refractivity contribution in [2.75, 3.05) is 12.9 Å². The van der Waals surface area contributed by atoms with Crippen LogP contribution in [0, 0.1) is 0 Å². The number of halogens is 1. The molecule has 0 saturated heterocycles. The lowest BCUT2D eigenvalue weighted by Crippen LogP contribution is -2.21. The molecular weight excluding hydrogens is 364 g/mol. The van der Waals surface area contributed by atoms with Crippen molar-refractivity contribution in [1.29, 1.82) is 0 Å². The zero-order chi connectivity index (χ0) is 17.3. The molecule has 0 bridgehead atoms. The number of ether oxygens (including phenoxy) is 1. The summed E-state index contributed by atoms with van der Waals surface area (Å²) in [6, 6.07) is 3.70. The van der Waals surface area contributed by atoms with Crippen molar-refractivity contribution >= 4 is 46.7 Å². The van der Waals surface area contributed by atoms with E-state index in [1.165, 1.54) is 0 Å². The fraction of sp³-hybridized carbons (Fsp3) is 0.444. The van der Waals surface area contributed by atoms with E-state index in [1.54, 1.807) is 29.6 Å². The smallest absolute Gasteiger partial charge is 0.201 e. The van der Waals surface area contributed by atoms with Crippen molar-refractivity contribution in [3.63, 3.8) is 0 Å². The summed E-state index contributed by atoms with van der Waals surface area (Å²) in [4.78, 5) is 26.5. The van der Waals surface area contributed by atoms with Crippen LogP contribution in [0.25, 0.3) is 0 Å². The Morgan fingerprint density at radius 1 is 1.42 bits per heavy atom. The Morgan fingerprint density at radius 2 is 2.21 bits per heavy atom. The highest BCUT2D eigenvalue weighted by atomic mass is 35.5. The SMILES string of the molecule is CCOC1=C(C(=O)c2ccc3c(c2Cl)CC(SC)S3)C(=O)CCC1. The Kier molecular flexibility index (Phi) is 5.63. The van der Waals surface area contributed by atoms with E-state index in [4.69, 9.17) is 16.3 Å². The molecule has 6 heteroatoms. The van der Waals surface area contributed by atoms with Crippen molar-refractivity contribution in [2.45, 2.75) is 42.1 Å². The van der Waals surface area contributed by atoms with Gasteiger partial charge in [-0.3, -0.25) is 9.59 Å². The van der Waals surface area contributed by atoms with E-state index in [9.17, 15) is 9.59 Å². The molecule has 1 atom stereocenters. The number of Topliss-reactive ketones (excluding diaryl/α,β-unsaturated/α-hetero) is 2. The molecule has 2 aliphatic rings. The summed E-state index contributed by atoms with van der Waals surface area (Å²) in [6.07, 6.45) is 4.67. The maximum atomic E-state index is 13.0. The summed E-state index contributed by atoms with van der Waals surface area (Å²) in [6.45, 7) is 2.31. The Hall–Kier alpha value is -0.910. The number of rotatable bonds is 5. The topological polar surface area (TPSA) is 43.4 Å². The summed E-state index contributed by atoms with van der Waals surface area (Å²) in [5.74, 6) is 0.0860. The predicted molar refractivity (Wildman–Crippen MR) is 100 cm³/mol. The van der Waals surface area contributed by atoms with Gasteiger partial charge in [0.1, 0.15) is 11.3 Å². The fourth-order valence-corrected chi connectivity index (χ4v) is 5.50. The zero-order valence-electron chi connectivity index (χ0n) is 13.7. The molecule has 0 amide bonds. The molecule has 1 aromatic carbocycles. The molecule has 0 aromatic heterocycles. The van der Waals surface area contributed by atoms with E-state index in [0.717, 1.165) is 23.3 Å². The Labute approximate surface area is 155 Å². The molecule has 1 aromatic rings. The molecule has 1 aliphatic heterocycles. The molecule has 0 saturated carbocycles. The second kappa shape index (κ2) is 7.54. The first-order valence-corrected chi connectivity index (χ1v) is 10.6. The van der Waals surface area contributed by atoms with Gasteiger partial charge in [-0.05, 0) is 43.7 Å². The first kappa shape index (κ1) is 17.9. The molecule has 3 rings (SSSR count). The van der Waals surface area contributed by atoms with Crippen molar-refractivity contribution in [1.82, 2.24) is 0 Å². The van der Waals surface area contributed by atoms with E-state index in [-0.39, 0.29) is 17.1 Å². The average Bonchev–Trinajstić information content (AvgIpc) is 2.99. The van der Waals surface area contributed by atoms with Gasteiger partial charge in [0.15, 0.2) is 5.78 Å². The van der Waals surface area contributed by atoms with Crippen molar-refractivity contribution in [3.8, 4) is 0 Å². The van der Waals surface area contributed by atoms with E-state index >= 15 is 0 Å². The lowest BCUT2D eigenvalue weighted by molar-refractivity contribution is -0.116. The van der Waals surface area contributed by atoms with Crippen LogP contribution in [0.3, 0.4) is 0 Å². The van der Waals surface area contributed by atoms with Gasteiger partial charge in [0.05, 0.1) is 16.2 Å². The highest BCUT2D eigenvalue weighted by Gasteiger charge is 2.32. The highest BCUT2D eigenvalue weighted by molar-refractivity contribution is 8.17. The minimum Gasteiger partial charge on any atom is -0.497 e. The van der Waals surface area contributed by atoms with Gasteiger partial charge in [0.2, 0.25) is 5.78 Å². The van der Waals surface area contributed by atoms with E-state index in [1.807, 2.05) is 13.0 Å². The maximum Gasteiger partial charge on any atom is 0.201 e. The molecule has 24 heavy (non-hydrogen) atoms. The third-order valence-corrected chi connectivity index (χ3v) is 7.30. The highest BCUT2D eigenvalue weighted by Crippen LogP contribution is 2.45. The van der Waals surface area contributed by atoms with E-state index in [2.05, 4.69) is 6.26 Å². The number of hydrogen-bond donors (Lipinski definition) is 0. The second-order valence-electron chi connectivity index (χ2n) is 5.73. The lowest BCUT2D eigenvalue weighted by atomic mass is 9.89. The van der Waals surface area contributed by atoms with E-state index in [0.29, 0.717) is 40.4 Å². The molecule has 1 aliphatic carbocycles. The molecule has 0 fully saturated rings. The number of thioether (sulfide) groups is 2. The third kappa shape index (κ3) is 3.26. The number of benzene rings is 1. The number of fused-ring (bicyclic) bond motifs is 1. The lowest BCUT2D eigenvalue weighted by Gasteiger charge is -2.19. The Morgan fingerprint density at radius 3 is 2.92 bits per heavy atom. The van der Waals surface area contributed by atoms with Crippen LogP contribution in [0.2, 0.25) is 5.02 Å². The normalized spacial score (nSPS) is 20.3. The van der Waals surface area contributed by atoms with Gasteiger partial charge in [-0.1, -0.05) is 11.6 Å². The summed E-state index contributed by atoms with van der Waals surface area (Å²) in [7, 11) is 0. The molecule has 0 N–H and O–H groups in total. The molecule has 0 spiro atoms. The van der Waals surface area contributed by atoms with Crippen molar-refractivity contribution in [3.05, 3.63) is 39.6 Å². The minimum atomic E-state index is -0.298. The number of allylic oxidation sites excluding steroid dienone is 2. The predicted octanol–water partition coefficient (Wildman–Crippen LogP) is 4.90. The Balaban J connectivity index is 2.00.